The second-order valence-electron chi connectivity index (χ2n) is 5.86. The molecule has 1 unspecified atom stereocenters. The number of nitrogens with one attached hydrogen (secondary N) is 2. The fraction of sp³-hybridized carbons (Fsp3) is 0.222. The Morgan fingerprint density at radius 2 is 1.92 bits per heavy atom. The first-order chi connectivity index (χ1) is 11.5. The zero-order valence-corrected chi connectivity index (χ0v) is 13.1. The lowest BCUT2D eigenvalue weighted by molar-refractivity contribution is -0.125. The van der Waals surface area contributed by atoms with Gasteiger partial charge in [0.1, 0.15) is 5.82 Å². The number of epoxide rings is 1. The third-order valence-corrected chi connectivity index (χ3v) is 3.80. The van der Waals surface area contributed by atoms with Gasteiger partial charge in [-0.15, -0.1) is 0 Å². The van der Waals surface area contributed by atoms with Gasteiger partial charge in [-0.3, -0.25) is 9.59 Å². The molecule has 1 aliphatic heterocycles. The smallest absolute Gasteiger partial charge is 0.255 e. The molecule has 2 N–H and O–H groups in total. The molecule has 0 aliphatic carbocycles. The molecule has 0 bridgehead atoms. The van der Waals surface area contributed by atoms with Crippen LogP contribution in [0.3, 0.4) is 0 Å². The number of rotatable bonds is 5. The zero-order chi connectivity index (χ0) is 17.2. The van der Waals surface area contributed by atoms with Crippen molar-refractivity contribution in [1.82, 2.24) is 5.32 Å². The minimum atomic E-state index is -0.700. The van der Waals surface area contributed by atoms with Crippen LogP contribution < -0.4 is 10.6 Å². The highest BCUT2D eigenvalue weighted by Crippen LogP contribution is 2.25. The fourth-order valence-electron chi connectivity index (χ4n) is 2.17. The number of ether oxygens (including phenoxy) is 1. The Morgan fingerprint density at radius 1 is 1.21 bits per heavy atom. The van der Waals surface area contributed by atoms with Crippen molar-refractivity contribution in [2.24, 2.45) is 0 Å². The molecule has 5 nitrogen and oxygen atoms in total. The molecule has 0 saturated carbocycles. The van der Waals surface area contributed by atoms with Crippen molar-refractivity contribution < 1.29 is 18.7 Å². The minimum Gasteiger partial charge on any atom is -0.359 e. The third-order valence-electron chi connectivity index (χ3n) is 3.80. The van der Waals surface area contributed by atoms with Crippen LogP contribution in [0.25, 0.3) is 0 Å². The van der Waals surface area contributed by atoms with E-state index in [0.29, 0.717) is 24.4 Å². The summed E-state index contributed by atoms with van der Waals surface area (Å²) in [7, 11) is 0. The molecule has 24 heavy (non-hydrogen) atoms. The lowest BCUT2D eigenvalue weighted by Gasteiger charge is -2.10. The van der Waals surface area contributed by atoms with Crippen LogP contribution in [0.1, 0.15) is 22.8 Å². The molecule has 124 valence electrons. The molecule has 1 atom stereocenters. The van der Waals surface area contributed by atoms with Crippen molar-refractivity contribution >= 4 is 17.5 Å². The summed E-state index contributed by atoms with van der Waals surface area (Å²) >= 11 is 0. The molecule has 1 heterocycles. The van der Waals surface area contributed by atoms with Gasteiger partial charge in [-0.1, -0.05) is 12.1 Å². The molecular weight excluding hydrogens is 311 g/mol. The van der Waals surface area contributed by atoms with Gasteiger partial charge in [0, 0.05) is 17.8 Å². The van der Waals surface area contributed by atoms with Crippen LogP contribution in [0, 0.1) is 5.82 Å². The number of carbonyl (C=O) groups excluding carboxylic acids is 2. The van der Waals surface area contributed by atoms with E-state index in [0.717, 1.165) is 5.56 Å². The average molecular weight is 328 g/mol. The van der Waals surface area contributed by atoms with Crippen molar-refractivity contribution in [3.63, 3.8) is 0 Å². The van der Waals surface area contributed by atoms with Crippen molar-refractivity contribution in [2.75, 3.05) is 11.9 Å². The average Bonchev–Trinajstić information content (AvgIpc) is 3.32. The molecule has 2 amide bonds. The van der Waals surface area contributed by atoms with E-state index in [1.165, 1.54) is 24.3 Å². The topological polar surface area (TPSA) is 70.7 Å². The Balaban J connectivity index is 1.61. The summed E-state index contributed by atoms with van der Waals surface area (Å²) < 4.78 is 18.0. The van der Waals surface area contributed by atoms with Crippen LogP contribution in [-0.2, 0) is 16.1 Å². The van der Waals surface area contributed by atoms with Gasteiger partial charge in [-0.2, -0.15) is 0 Å². The molecule has 1 aliphatic rings. The van der Waals surface area contributed by atoms with Gasteiger partial charge in [-0.25, -0.2) is 4.39 Å². The van der Waals surface area contributed by atoms with E-state index < -0.39 is 11.4 Å². The molecule has 1 fully saturated rings. The maximum atomic E-state index is 12.9. The first kappa shape index (κ1) is 16.1. The molecule has 0 aromatic heterocycles. The predicted molar refractivity (Wildman–Crippen MR) is 87.0 cm³/mol. The predicted octanol–water partition coefficient (Wildman–Crippen LogP) is 2.48. The summed E-state index contributed by atoms with van der Waals surface area (Å²) in [5.74, 6) is -0.865. The van der Waals surface area contributed by atoms with E-state index in [2.05, 4.69) is 10.6 Å². The van der Waals surface area contributed by atoms with Gasteiger partial charge in [0.15, 0.2) is 5.60 Å². The van der Waals surface area contributed by atoms with E-state index in [9.17, 15) is 14.0 Å². The van der Waals surface area contributed by atoms with E-state index >= 15 is 0 Å². The number of benzene rings is 2. The largest absolute Gasteiger partial charge is 0.359 e. The van der Waals surface area contributed by atoms with Gasteiger partial charge in [0.2, 0.25) is 0 Å². The number of hydrogen-bond donors (Lipinski definition) is 2. The Labute approximate surface area is 138 Å². The fourth-order valence-corrected chi connectivity index (χ4v) is 2.17. The summed E-state index contributed by atoms with van der Waals surface area (Å²) in [6.07, 6.45) is 0. The van der Waals surface area contributed by atoms with Crippen molar-refractivity contribution in [3.8, 4) is 0 Å². The number of hydrogen-bond acceptors (Lipinski definition) is 3. The summed E-state index contributed by atoms with van der Waals surface area (Å²) in [5, 5.41) is 5.55. The number of anilines is 1. The molecule has 6 heteroatoms. The summed E-state index contributed by atoms with van der Waals surface area (Å²) in [6, 6.07) is 12.5. The Kier molecular flexibility index (Phi) is 4.31. The van der Waals surface area contributed by atoms with Gasteiger partial charge in [0.05, 0.1) is 6.61 Å². The molecule has 2 aromatic carbocycles. The van der Waals surface area contributed by atoms with Crippen LogP contribution in [0.5, 0.6) is 0 Å². The van der Waals surface area contributed by atoms with Crippen molar-refractivity contribution in [1.29, 1.82) is 0 Å². The number of halogens is 1. The molecular formula is C18H17FN2O3. The van der Waals surface area contributed by atoms with Crippen LogP contribution in [0.2, 0.25) is 0 Å². The Hall–Kier alpha value is -2.73. The SMILES string of the molecule is CC1(C(=O)NCc2cccc(NC(=O)c3ccc(F)cc3)c2)CO1. The highest BCUT2D eigenvalue weighted by Gasteiger charge is 2.47. The lowest BCUT2D eigenvalue weighted by atomic mass is 10.1. The number of amides is 2. The van der Waals surface area contributed by atoms with E-state index in [1.807, 2.05) is 6.07 Å². The molecule has 1 saturated heterocycles. The van der Waals surface area contributed by atoms with E-state index in [1.54, 1.807) is 25.1 Å². The molecule has 3 rings (SSSR count). The molecule has 0 radical (unpaired) electrons. The van der Waals surface area contributed by atoms with Gasteiger partial charge < -0.3 is 15.4 Å². The summed E-state index contributed by atoms with van der Waals surface area (Å²) in [6.45, 7) is 2.52. The third kappa shape index (κ3) is 3.78. The van der Waals surface area contributed by atoms with Crippen molar-refractivity contribution in [3.05, 3.63) is 65.5 Å². The second-order valence-corrected chi connectivity index (χ2v) is 5.86. The highest BCUT2D eigenvalue weighted by atomic mass is 19.1. The first-order valence-electron chi connectivity index (χ1n) is 7.54. The zero-order valence-electron chi connectivity index (χ0n) is 13.1. The molecule has 0 spiro atoms. The normalized spacial score (nSPS) is 18.8. The van der Waals surface area contributed by atoms with Gasteiger partial charge in [0.25, 0.3) is 11.8 Å². The maximum absolute atomic E-state index is 12.9. The van der Waals surface area contributed by atoms with E-state index in [-0.39, 0.29) is 11.8 Å². The van der Waals surface area contributed by atoms with Gasteiger partial charge >= 0.3 is 0 Å². The lowest BCUT2D eigenvalue weighted by Crippen LogP contribution is -2.34. The van der Waals surface area contributed by atoms with Crippen LogP contribution in [-0.4, -0.2) is 24.0 Å². The summed E-state index contributed by atoms with van der Waals surface area (Å²) in [4.78, 5) is 24.0. The standard InChI is InChI=1S/C18H17FN2O3/c1-18(11-24-18)17(23)20-10-12-3-2-4-15(9-12)21-16(22)13-5-7-14(19)8-6-13/h2-9H,10-11H2,1H3,(H,20,23)(H,21,22). The van der Waals surface area contributed by atoms with E-state index in [4.69, 9.17) is 4.74 Å². The highest BCUT2D eigenvalue weighted by molar-refractivity contribution is 6.04. The quantitative estimate of drug-likeness (QED) is 0.829. The Morgan fingerprint density at radius 3 is 2.58 bits per heavy atom. The van der Waals surface area contributed by atoms with Crippen LogP contribution in [0.15, 0.2) is 48.5 Å². The summed E-state index contributed by atoms with van der Waals surface area (Å²) in [5.41, 5.74) is 1.12. The number of carbonyl (C=O) groups is 2. The second kappa shape index (κ2) is 6.41. The first-order valence-corrected chi connectivity index (χ1v) is 7.54. The Bertz CT molecular complexity index is 770. The maximum Gasteiger partial charge on any atom is 0.255 e. The van der Waals surface area contributed by atoms with Crippen LogP contribution >= 0.6 is 0 Å². The van der Waals surface area contributed by atoms with Crippen LogP contribution in [0.4, 0.5) is 10.1 Å². The van der Waals surface area contributed by atoms with Gasteiger partial charge in [-0.05, 0) is 48.9 Å². The van der Waals surface area contributed by atoms with Crippen molar-refractivity contribution in [2.45, 2.75) is 19.1 Å². The molecule has 2 aromatic rings. The minimum absolute atomic E-state index is 0.150. The monoisotopic (exact) mass is 328 g/mol.